The quantitative estimate of drug-likeness (QED) is 0.768. The third-order valence-electron chi connectivity index (χ3n) is 2.48. The fourth-order valence-electron chi connectivity index (χ4n) is 1.57. The number of hydrogen-bond donors (Lipinski definition) is 0. The number of benzene rings is 1. The molecule has 19 heavy (non-hydrogen) atoms. The summed E-state index contributed by atoms with van der Waals surface area (Å²) in [5.74, 6) is -1.07. The number of carbonyl (C=O) groups is 1. The van der Waals surface area contributed by atoms with Crippen LogP contribution in [0.15, 0.2) is 18.2 Å². The Balaban J connectivity index is 2.90. The number of methoxy groups -OCH3 is 1. The van der Waals surface area contributed by atoms with Crippen LogP contribution in [0.1, 0.15) is 25.8 Å². The number of hydrogen-bond acceptors (Lipinski definition) is 4. The Morgan fingerprint density at radius 1 is 1.47 bits per heavy atom. The van der Waals surface area contributed by atoms with Gasteiger partial charge in [0.2, 0.25) is 0 Å². The molecule has 5 heteroatoms. The van der Waals surface area contributed by atoms with Gasteiger partial charge in [-0.25, -0.2) is 9.18 Å². The van der Waals surface area contributed by atoms with Crippen LogP contribution in [-0.4, -0.2) is 19.2 Å². The number of halogens is 1. The van der Waals surface area contributed by atoms with E-state index in [0.29, 0.717) is 6.42 Å². The van der Waals surface area contributed by atoms with Crippen molar-refractivity contribution >= 4 is 5.97 Å². The molecule has 1 unspecified atom stereocenters. The second-order valence-electron chi connectivity index (χ2n) is 4.52. The zero-order chi connectivity index (χ0) is 14.4. The molecule has 0 fully saturated rings. The lowest BCUT2D eigenvalue weighted by atomic mass is 10.1. The third kappa shape index (κ3) is 4.25. The predicted molar refractivity (Wildman–Crippen MR) is 67.0 cm³/mol. The summed E-state index contributed by atoms with van der Waals surface area (Å²) < 4.78 is 23.7. The van der Waals surface area contributed by atoms with Crippen LogP contribution in [0, 0.1) is 23.1 Å². The first-order valence-corrected chi connectivity index (χ1v) is 5.92. The van der Waals surface area contributed by atoms with Gasteiger partial charge in [0.05, 0.1) is 18.7 Å². The maximum absolute atomic E-state index is 13.7. The van der Waals surface area contributed by atoms with Gasteiger partial charge >= 0.3 is 5.97 Å². The lowest BCUT2D eigenvalue weighted by Gasteiger charge is -2.19. The summed E-state index contributed by atoms with van der Waals surface area (Å²) in [5, 5.41) is 8.65. The van der Waals surface area contributed by atoms with Gasteiger partial charge in [0.15, 0.2) is 17.7 Å². The molecule has 0 bridgehead atoms. The van der Waals surface area contributed by atoms with Crippen LogP contribution in [0.4, 0.5) is 4.39 Å². The van der Waals surface area contributed by atoms with Crippen LogP contribution in [0.25, 0.3) is 0 Å². The standard InChI is InChI=1S/C14H16FNO3/c1-9(2)6-13(14(17)18-3)19-12-5-4-10(8-16)7-11(12)15/h4-5,7,9,13H,6H2,1-3H3. The van der Waals surface area contributed by atoms with E-state index in [1.54, 1.807) is 0 Å². The molecule has 1 atom stereocenters. The Bertz CT molecular complexity index is 494. The molecular weight excluding hydrogens is 249 g/mol. The monoisotopic (exact) mass is 265 g/mol. The molecule has 102 valence electrons. The van der Waals surface area contributed by atoms with Crippen molar-refractivity contribution in [2.24, 2.45) is 5.92 Å². The van der Waals surface area contributed by atoms with Crippen molar-refractivity contribution in [3.63, 3.8) is 0 Å². The summed E-state index contributed by atoms with van der Waals surface area (Å²) in [6, 6.07) is 5.67. The second kappa shape index (κ2) is 6.74. The van der Waals surface area contributed by atoms with Crippen LogP contribution < -0.4 is 4.74 Å². The highest BCUT2D eigenvalue weighted by molar-refractivity contribution is 5.75. The number of rotatable bonds is 5. The highest BCUT2D eigenvalue weighted by atomic mass is 19.1. The first-order valence-electron chi connectivity index (χ1n) is 5.92. The average molecular weight is 265 g/mol. The molecule has 0 aromatic heterocycles. The van der Waals surface area contributed by atoms with Gasteiger partial charge in [-0.15, -0.1) is 0 Å². The second-order valence-corrected chi connectivity index (χ2v) is 4.52. The molecule has 0 aliphatic heterocycles. The predicted octanol–water partition coefficient (Wildman–Crippen LogP) is 2.66. The molecule has 0 saturated heterocycles. The van der Waals surface area contributed by atoms with Gasteiger partial charge in [-0.2, -0.15) is 5.26 Å². The third-order valence-corrected chi connectivity index (χ3v) is 2.48. The van der Waals surface area contributed by atoms with Crippen molar-refractivity contribution in [3.8, 4) is 11.8 Å². The number of ether oxygens (including phenoxy) is 2. The molecular formula is C14H16FNO3. The van der Waals surface area contributed by atoms with Crippen LogP contribution in [0.3, 0.4) is 0 Å². The summed E-state index contributed by atoms with van der Waals surface area (Å²) in [7, 11) is 1.26. The first kappa shape index (κ1) is 15.0. The van der Waals surface area contributed by atoms with Crippen molar-refractivity contribution in [2.45, 2.75) is 26.4 Å². The van der Waals surface area contributed by atoms with Gasteiger partial charge in [-0.3, -0.25) is 0 Å². The molecule has 4 nitrogen and oxygen atoms in total. The molecule has 0 amide bonds. The maximum atomic E-state index is 13.7. The summed E-state index contributed by atoms with van der Waals surface area (Å²) in [4.78, 5) is 11.6. The van der Waals surface area contributed by atoms with Crippen molar-refractivity contribution in [1.29, 1.82) is 5.26 Å². The molecule has 0 spiro atoms. The van der Waals surface area contributed by atoms with E-state index in [2.05, 4.69) is 4.74 Å². The molecule has 0 saturated carbocycles. The Labute approximate surface area is 111 Å². The minimum atomic E-state index is -0.854. The number of esters is 1. The van der Waals surface area contributed by atoms with E-state index in [-0.39, 0.29) is 17.2 Å². The van der Waals surface area contributed by atoms with Crippen molar-refractivity contribution in [2.75, 3.05) is 7.11 Å². The topological polar surface area (TPSA) is 59.3 Å². The van der Waals surface area contributed by atoms with E-state index in [1.807, 2.05) is 19.9 Å². The number of nitrogens with zero attached hydrogens (tertiary/aromatic N) is 1. The van der Waals surface area contributed by atoms with Crippen LogP contribution in [0.5, 0.6) is 5.75 Å². The van der Waals surface area contributed by atoms with Crippen LogP contribution in [-0.2, 0) is 9.53 Å². The Morgan fingerprint density at radius 2 is 2.16 bits per heavy atom. The Morgan fingerprint density at radius 3 is 2.63 bits per heavy atom. The number of carbonyl (C=O) groups excluding carboxylic acids is 1. The van der Waals surface area contributed by atoms with Crippen molar-refractivity contribution < 1.29 is 18.7 Å². The summed E-state index contributed by atoms with van der Waals surface area (Å²) in [6.45, 7) is 3.85. The highest BCUT2D eigenvalue weighted by Gasteiger charge is 2.23. The van der Waals surface area contributed by atoms with Gasteiger partial charge in [0.25, 0.3) is 0 Å². The molecule has 0 aliphatic rings. The molecule has 1 aromatic carbocycles. The Kier molecular flexibility index (Phi) is 5.31. The van der Waals surface area contributed by atoms with E-state index >= 15 is 0 Å². The molecule has 0 aliphatic carbocycles. The van der Waals surface area contributed by atoms with E-state index in [1.165, 1.54) is 19.2 Å². The zero-order valence-electron chi connectivity index (χ0n) is 11.1. The molecule has 0 N–H and O–H groups in total. The first-order chi connectivity index (χ1) is 8.97. The fourth-order valence-corrected chi connectivity index (χ4v) is 1.57. The lowest BCUT2D eigenvalue weighted by molar-refractivity contribution is -0.149. The lowest BCUT2D eigenvalue weighted by Crippen LogP contribution is -2.30. The number of nitriles is 1. The molecule has 0 radical (unpaired) electrons. The molecule has 0 heterocycles. The van der Waals surface area contributed by atoms with Gasteiger partial charge in [0.1, 0.15) is 0 Å². The highest BCUT2D eigenvalue weighted by Crippen LogP contribution is 2.21. The molecule has 1 rings (SSSR count). The smallest absolute Gasteiger partial charge is 0.347 e. The van der Waals surface area contributed by atoms with E-state index < -0.39 is 17.9 Å². The molecule has 1 aromatic rings. The van der Waals surface area contributed by atoms with Gasteiger partial charge in [-0.05, 0) is 30.5 Å². The minimum absolute atomic E-state index is 0.0601. The summed E-state index contributed by atoms with van der Waals surface area (Å²) in [6.07, 6.45) is -0.431. The summed E-state index contributed by atoms with van der Waals surface area (Å²) >= 11 is 0. The van der Waals surface area contributed by atoms with E-state index in [9.17, 15) is 9.18 Å². The van der Waals surface area contributed by atoms with Crippen LogP contribution in [0.2, 0.25) is 0 Å². The normalized spacial score (nSPS) is 11.8. The van der Waals surface area contributed by atoms with Gasteiger partial charge in [0, 0.05) is 0 Å². The SMILES string of the molecule is COC(=O)C(CC(C)C)Oc1ccc(C#N)cc1F. The summed E-state index contributed by atoms with van der Waals surface area (Å²) in [5.41, 5.74) is 0.198. The van der Waals surface area contributed by atoms with Gasteiger partial charge < -0.3 is 9.47 Å². The van der Waals surface area contributed by atoms with Crippen LogP contribution >= 0.6 is 0 Å². The maximum Gasteiger partial charge on any atom is 0.347 e. The van der Waals surface area contributed by atoms with E-state index in [0.717, 1.165) is 6.07 Å². The average Bonchev–Trinajstić information content (AvgIpc) is 2.38. The largest absolute Gasteiger partial charge is 0.476 e. The fraction of sp³-hybridized carbons (Fsp3) is 0.429. The van der Waals surface area contributed by atoms with Crippen molar-refractivity contribution in [1.82, 2.24) is 0 Å². The zero-order valence-corrected chi connectivity index (χ0v) is 11.1. The van der Waals surface area contributed by atoms with Crippen molar-refractivity contribution in [3.05, 3.63) is 29.6 Å². The van der Waals surface area contributed by atoms with E-state index in [4.69, 9.17) is 10.00 Å². The Hall–Kier alpha value is -2.09. The minimum Gasteiger partial charge on any atom is -0.476 e. The van der Waals surface area contributed by atoms with Gasteiger partial charge in [-0.1, -0.05) is 13.8 Å².